The Labute approximate surface area is 102 Å². The molecule has 1 N–H and O–H groups in total. The molecule has 0 unspecified atom stereocenters. The highest BCUT2D eigenvalue weighted by molar-refractivity contribution is 7.89. The lowest BCUT2D eigenvalue weighted by atomic mass is 10.2. The van der Waals surface area contributed by atoms with Gasteiger partial charge in [0.15, 0.2) is 0 Å². The number of anilines is 1. The fourth-order valence-corrected chi connectivity index (χ4v) is 4.22. The summed E-state index contributed by atoms with van der Waals surface area (Å²) in [6, 6.07) is 5.79. The third-order valence-electron chi connectivity index (χ3n) is 3.33. The number of hydrogen-bond acceptors (Lipinski definition) is 3. The van der Waals surface area contributed by atoms with Crippen LogP contribution in [0.5, 0.6) is 0 Å². The average Bonchev–Trinajstić information content (AvgIpc) is 3.08. The summed E-state index contributed by atoms with van der Waals surface area (Å²) < 4.78 is 26.7. The van der Waals surface area contributed by atoms with E-state index in [1.807, 2.05) is 19.1 Å². The third-order valence-corrected chi connectivity index (χ3v) is 5.32. The lowest BCUT2D eigenvalue weighted by Crippen LogP contribution is -2.34. The Morgan fingerprint density at radius 1 is 1.35 bits per heavy atom. The summed E-state index contributed by atoms with van der Waals surface area (Å²) in [5.74, 6) is 0. The first-order valence-electron chi connectivity index (χ1n) is 5.95. The van der Waals surface area contributed by atoms with Crippen molar-refractivity contribution >= 4 is 15.7 Å². The number of hydrogen-bond donors (Lipinski definition) is 1. The first-order chi connectivity index (χ1) is 8.09. The van der Waals surface area contributed by atoms with Gasteiger partial charge in [-0.15, -0.1) is 0 Å². The second-order valence-corrected chi connectivity index (χ2v) is 6.63. The van der Waals surface area contributed by atoms with Crippen molar-refractivity contribution in [1.82, 2.24) is 4.31 Å². The van der Waals surface area contributed by atoms with Crippen LogP contribution in [0.25, 0.3) is 0 Å². The first kappa shape index (κ1) is 11.0. The Hall–Kier alpha value is -1.07. The second-order valence-electron chi connectivity index (χ2n) is 4.77. The normalized spacial score (nSPS) is 23.6. The van der Waals surface area contributed by atoms with Gasteiger partial charge in [-0.3, -0.25) is 0 Å². The molecular weight excluding hydrogens is 236 g/mol. The van der Waals surface area contributed by atoms with E-state index in [4.69, 9.17) is 0 Å². The lowest BCUT2D eigenvalue weighted by molar-refractivity contribution is 0.419. The number of nitrogens with zero attached hydrogens (tertiary/aromatic N) is 1. The van der Waals surface area contributed by atoms with Crippen molar-refractivity contribution in [2.45, 2.75) is 30.7 Å². The van der Waals surface area contributed by atoms with Gasteiger partial charge in [0, 0.05) is 19.1 Å². The highest BCUT2D eigenvalue weighted by Gasteiger charge is 2.39. The van der Waals surface area contributed by atoms with E-state index in [-0.39, 0.29) is 6.04 Å². The van der Waals surface area contributed by atoms with Crippen LogP contribution in [0, 0.1) is 6.92 Å². The maximum atomic E-state index is 12.5. The molecular formula is C12H16N2O2S. The molecule has 1 aliphatic carbocycles. The minimum absolute atomic E-state index is 0.230. The van der Waals surface area contributed by atoms with Gasteiger partial charge in [-0.05, 0) is 37.5 Å². The second kappa shape index (κ2) is 3.71. The van der Waals surface area contributed by atoms with Gasteiger partial charge in [-0.25, -0.2) is 8.42 Å². The molecule has 1 aliphatic heterocycles. The number of rotatable bonds is 1. The standard InChI is InChI=1S/C12H16N2O2S/c1-9-2-5-11-12(8-9)17(15,16)14(7-6-13-11)10-3-4-10/h2,5,8,10,13H,3-4,6-7H2,1H3. The Morgan fingerprint density at radius 3 is 2.82 bits per heavy atom. The van der Waals surface area contributed by atoms with E-state index in [0.29, 0.717) is 18.0 Å². The molecule has 1 saturated carbocycles. The van der Waals surface area contributed by atoms with E-state index in [1.165, 1.54) is 0 Å². The van der Waals surface area contributed by atoms with Gasteiger partial charge in [0.2, 0.25) is 10.0 Å². The molecule has 5 heteroatoms. The van der Waals surface area contributed by atoms with Crippen molar-refractivity contribution in [1.29, 1.82) is 0 Å². The van der Waals surface area contributed by atoms with Gasteiger partial charge in [0.25, 0.3) is 0 Å². The number of fused-ring (bicyclic) bond motifs is 1. The van der Waals surface area contributed by atoms with Crippen LogP contribution in [0.15, 0.2) is 23.1 Å². The van der Waals surface area contributed by atoms with E-state index in [0.717, 1.165) is 24.1 Å². The Balaban J connectivity index is 2.14. The van der Waals surface area contributed by atoms with Crippen LogP contribution in [0.2, 0.25) is 0 Å². The molecule has 4 nitrogen and oxygen atoms in total. The largest absolute Gasteiger partial charge is 0.383 e. The van der Waals surface area contributed by atoms with Crippen LogP contribution in [-0.2, 0) is 10.0 Å². The van der Waals surface area contributed by atoms with Crippen molar-refractivity contribution < 1.29 is 8.42 Å². The minimum Gasteiger partial charge on any atom is -0.383 e. The van der Waals surface area contributed by atoms with Crippen LogP contribution in [0.3, 0.4) is 0 Å². The van der Waals surface area contributed by atoms with Gasteiger partial charge in [0.05, 0.1) is 5.69 Å². The number of benzene rings is 1. The maximum Gasteiger partial charge on any atom is 0.245 e. The average molecular weight is 252 g/mol. The molecule has 17 heavy (non-hydrogen) atoms. The predicted molar refractivity (Wildman–Crippen MR) is 66.6 cm³/mol. The molecule has 1 aromatic rings. The first-order valence-corrected chi connectivity index (χ1v) is 7.39. The van der Waals surface area contributed by atoms with Crippen LogP contribution >= 0.6 is 0 Å². The van der Waals surface area contributed by atoms with Crippen molar-refractivity contribution in [3.05, 3.63) is 23.8 Å². The van der Waals surface area contributed by atoms with Crippen LogP contribution in [0.4, 0.5) is 5.69 Å². The molecule has 1 aromatic carbocycles. The lowest BCUT2D eigenvalue weighted by Gasteiger charge is -2.19. The summed E-state index contributed by atoms with van der Waals surface area (Å²) in [6.45, 7) is 3.18. The van der Waals surface area contributed by atoms with Crippen molar-refractivity contribution in [2.75, 3.05) is 18.4 Å². The summed E-state index contributed by atoms with van der Waals surface area (Å²) in [5, 5.41) is 3.20. The van der Waals surface area contributed by atoms with E-state index < -0.39 is 10.0 Å². The molecule has 2 aliphatic rings. The van der Waals surface area contributed by atoms with Gasteiger partial charge in [0.1, 0.15) is 4.90 Å². The predicted octanol–water partition coefficient (Wildman–Crippen LogP) is 1.57. The topological polar surface area (TPSA) is 49.4 Å². The van der Waals surface area contributed by atoms with E-state index in [1.54, 1.807) is 10.4 Å². The molecule has 0 amide bonds. The number of sulfonamides is 1. The fraction of sp³-hybridized carbons (Fsp3) is 0.500. The van der Waals surface area contributed by atoms with E-state index in [2.05, 4.69) is 5.32 Å². The summed E-state index contributed by atoms with van der Waals surface area (Å²) in [6.07, 6.45) is 2.00. The summed E-state index contributed by atoms with van der Waals surface area (Å²) in [7, 11) is -3.31. The van der Waals surface area contributed by atoms with Crippen molar-refractivity contribution in [2.24, 2.45) is 0 Å². The fourth-order valence-electron chi connectivity index (χ4n) is 2.28. The van der Waals surface area contributed by atoms with Crippen LogP contribution in [-0.4, -0.2) is 31.9 Å². The zero-order valence-corrected chi connectivity index (χ0v) is 10.6. The number of nitrogens with one attached hydrogen (secondary N) is 1. The van der Waals surface area contributed by atoms with Gasteiger partial charge in [-0.2, -0.15) is 4.31 Å². The molecule has 0 aromatic heterocycles. The molecule has 0 saturated heterocycles. The van der Waals surface area contributed by atoms with Gasteiger partial charge >= 0.3 is 0 Å². The summed E-state index contributed by atoms with van der Waals surface area (Å²) in [4.78, 5) is 0.432. The molecule has 0 spiro atoms. The maximum absolute atomic E-state index is 12.5. The molecule has 1 fully saturated rings. The van der Waals surface area contributed by atoms with Crippen LogP contribution in [0.1, 0.15) is 18.4 Å². The van der Waals surface area contributed by atoms with E-state index in [9.17, 15) is 8.42 Å². The highest BCUT2D eigenvalue weighted by Crippen LogP contribution is 2.35. The molecule has 3 rings (SSSR count). The van der Waals surface area contributed by atoms with Gasteiger partial charge in [-0.1, -0.05) is 6.07 Å². The van der Waals surface area contributed by atoms with Crippen molar-refractivity contribution in [3.63, 3.8) is 0 Å². The SMILES string of the molecule is Cc1ccc2c(c1)S(=O)(=O)N(C1CC1)CCN2. The highest BCUT2D eigenvalue weighted by atomic mass is 32.2. The third kappa shape index (κ3) is 1.83. The summed E-state index contributed by atoms with van der Waals surface area (Å²) >= 11 is 0. The molecule has 92 valence electrons. The smallest absolute Gasteiger partial charge is 0.245 e. The van der Waals surface area contributed by atoms with Crippen LogP contribution < -0.4 is 5.32 Å². The zero-order valence-electron chi connectivity index (χ0n) is 9.81. The molecule has 0 radical (unpaired) electrons. The monoisotopic (exact) mass is 252 g/mol. The summed E-state index contributed by atoms with van der Waals surface area (Å²) in [5.41, 5.74) is 1.71. The van der Waals surface area contributed by atoms with Gasteiger partial charge < -0.3 is 5.32 Å². The Kier molecular flexibility index (Phi) is 2.41. The Morgan fingerprint density at radius 2 is 2.12 bits per heavy atom. The minimum atomic E-state index is -3.31. The molecule has 1 heterocycles. The zero-order chi connectivity index (χ0) is 12.0. The van der Waals surface area contributed by atoms with Crippen molar-refractivity contribution in [3.8, 4) is 0 Å². The molecule has 0 atom stereocenters. The Bertz CT molecular complexity index is 550. The quantitative estimate of drug-likeness (QED) is 0.825. The number of aryl methyl sites for hydroxylation is 1. The van der Waals surface area contributed by atoms with E-state index >= 15 is 0 Å². The molecule has 0 bridgehead atoms.